The molecule has 10 rings (SSSR count). The minimum Gasteiger partial charge on any atom is -0.309 e. The molecular formula is C38H21NS2. The number of aromatic nitrogens is 1. The summed E-state index contributed by atoms with van der Waals surface area (Å²) in [5.41, 5.74) is 3.69. The van der Waals surface area contributed by atoms with Crippen LogP contribution in [0.3, 0.4) is 0 Å². The Hall–Kier alpha value is -4.70. The van der Waals surface area contributed by atoms with E-state index in [0.29, 0.717) is 0 Å². The van der Waals surface area contributed by atoms with Gasteiger partial charge in [0, 0.05) is 67.6 Å². The van der Waals surface area contributed by atoms with Crippen LogP contribution in [0.5, 0.6) is 0 Å². The number of hydrogen-bond donors (Lipinski definition) is 0. The second-order valence-corrected chi connectivity index (χ2v) is 13.0. The van der Waals surface area contributed by atoms with Crippen LogP contribution >= 0.6 is 22.7 Å². The van der Waals surface area contributed by atoms with Crippen molar-refractivity contribution in [1.82, 2.24) is 4.57 Å². The zero-order valence-corrected chi connectivity index (χ0v) is 23.5. The summed E-state index contributed by atoms with van der Waals surface area (Å²) in [7, 11) is 0. The van der Waals surface area contributed by atoms with E-state index < -0.39 is 0 Å². The van der Waals surface area contributed by atoms with E-state index in [9.17, 15) is 0 Å². The van der Waals surface area contributed by atoms with Crippen molar-refractivity contribution < 1.29 is 0 Å². The zero-order chi connectivity index (χ0) is 26.7. The summed E-state index contributed by atoms with van der Waals surface area (Å²) in [4.78, 5) is 0. The van der Waals surface area contributed by atoms with Gasteiger partial charge in [0.15, 0.2) is 0 Å². The summed E-state index contributed by atoms with van der Waals surface area (Å²) in [6.45, 7) is 0. The minimum atomic E-state index is 1.20. The van der Waals surface area contributed by atoms with Gasteiger partial charge in [0.05, 0.1) is 11.0 Å². The van der Waals surface area contributed by atoms with Crippen molar-refractivity contribution in [2.45, 2.75) is 0 Å². The smallest absolute Gasteiger partial charge is 0.0541 e. The Morgan fingerprint density at radius 3 is 1.68 bits per heavy atom. The molecule has 0 N–H and O–H groups in total. The Balaban J connectivity index is 1.44. The molecule has 1 nitrogen and oxygen atoms in total. The van der Waals surface area contributed by atoms with Gasteiger partial charge >= 0.3 is 0 Å². The summed E-state index contributed by atoms with van der Waals surface area (Å²) in [6.07, 6.45) is 0. The summed E-state index contributed by atoms with van der Waals surface area (Å²) in [6, 6.07) is 47.2. The molecule has 3 heterocycles. The number of benzene rings is 7. The molecule has 10 aromatic rings. The maximum absolute atomic E-state index is 2.43. The van der Waals surface area contributed by atoms with E-state index in [1.54, 1.807) is 0 Å². The van der Waals surface area contributed by atoms with Gasteiger partial charge in [-0.2, -0.15) is 0 Å². The molecule has 0 unspecified atom stereocenters. The Kier molecular flexibility index (Phi) is 4.27. The third-order valence-corrected chi connectivity index (χ3v) is 11.1. The Morgan fingerprint density at radius 2 is 0.951 bits per heavy atom. The highest BCUT2D eigenvalue weighted by Crippen LogP contribution is 2.49. The van der Waals surface area contributed by atoms with Crippen molar-refractivity contribution >= 4 is 106 Å². The predicted molar refractivity (Wildman–Crippen MR) is 182 cm³/mol. The third kappa shape index (κ3) is 2.84. The SMILES string of the molecule is c1ccc2c(c1)sc1ccc3c4cc(-n5c6ccccc6c6ccccc65)ccc4c4sc5ccccc5c4c3c12. The van der Waals surface area contributed by atoms with Crippen LogP contribution in [0.15, 0.2) is 127 Å². The van der Waals surface area contributed by atoms with Gasteiger partial charge in [-0.3, -0.25) is 0 Å². The number of fused-ring (bicyclic) bond motifs is 15. The summed E-state index contributed by atoms with van der Waals surface area (Å²) in [5.74, 6) is 0. The first-order chi connectivity index (χ1) is 20.3. The molecule has 3 heteroatoms. The molecule has 7 aromatic carbocycles. The van der Waals surface area contributed by atoms with Gasteiger partial charge in [-0.1, -0.05) is 84.9 Å². The highest BCUT2D eigenvalue weighted by atomic mass is 32.1. The van der Waals surface area contributed by atoms with Crippen molar-refractivity contribution in [3.8, 4) is 5.69 Å². The van der Waals surface area contributed by atoms with Crippen LogP contribution in [0.25, 0.3) is 89.4 Å². The van der Waals surface area contributed by atoms with E-state index in [4.69, 9.17) is 0 Å². The third-order valence-electron chi connectivity index (χ3n) is 8.77. The molecule has 0 radical (unpaired) electrons. The second-order valence-electron chi connectivity index (χ2n) is 10.9. The lowest BCUT2D eigenvalue weighted by molar-refractivity contribution is 1.19. The number of hydrogen-bond acceptors (Lipinski definition) is 2. The van der Waals surface area contributed by atoms with Gasteiger partial charge in [-0.25, -0.2) is 0 Å². The minimum absolute atomic E-state index is 1.20. The van der Waals surface area contributed by atoms with Gasteiger partial charge in [-0.15, -0.1) is 22.7 Å². The van der Waals surface area contributed by atoms with Gasteiger partial charge in [0.1, 0.15) is 0 Å². The highest BCUT2D eigenvalue weighted by molar-refractivity contribution is 7.27. The number of thiophene rings is 2. The predicted octanol–water partition coefficient (Wildman–Crippen LogP) is 11.8. The molecule has 0 aliphatic carbocycles. The van der Waals surface area contributed by atoms with Crippen LogP contribution in [-0.2, 0) is 0 Å². The number of nitrogens with zero attached hydrogens (tertiary/aromatic N) is 1. The molecule has 0 fully saturated rings. The van der Waals surface area contributed by atoms with E-state index in [0.717, 1.165) is 0 Å². The zero-order valence-electron chi connectivity index (χ0n) is 21.9. The standard InChI is InChI=1S/C38H21NS2/c1-5-13-30-23(9-1)24-10-2-6-14-31(24)39(30)22-17-18-26-29(21-22)25-19-20-34-35(27-11-3-7-15-32(27)40-34)36(25)37-28-12-4-8-16-33(28)41-38(26)37/h1-21H. The normalized spacial score (nSPS) is 12.4. The van der Waals surface area contributed by atoms with Crippen LogP contribution in [0, 0.1) is 0 Å². The van der Waals surface area contributed by atoms with E-state index in [-0.39, 0.29) is 0 Å². The molecule has 0 aliphatic heterocycles. The number of para-hydroxylation sites is 2. The lowest BCUT2D eigenvalue weighted by Gasteiger charge is -2.13. The van der Waals surface area contributed by atoms with Gasteiger partial charge in [-0.05, 0) is 53.2 Å². The molecule has 0 saturated carbocycles. The molecule has 0 atom stereocenters. The fourth-order valence-corrected chi connectivity index (χ4v) is 9.44. The van der Waals surface area contributed by atoms with Crippen LogP contribution in [0.1, 0.15) is 0 Å². The van der Waals surface area contributed by atoms with Gasteiger partial charge in [0.25, 0.3) is 0 Å². The van der Waals surface area contributed by atoms with Crippen LogP contribution in [0.2, 0.25) is 0 Å². The average Bonchev–Trinajstić information content (AvgIpc) is 3.70. The van der Waals surface area contributed by atoms with Gasteiger partial charge < -0.3 is 4.57 Å². The van der Waals surface area contributed by atoms with Crippen LogP contribution in [0.4, 0.5) is 0 Å². The van der Waals surface area contributed by atoms with Crippen molar-refractivity contribution in [2.75, 3.05) is 0 Å². The number of rotatable bonds is 1. The average molecular weight is 556 g/mol. The first-order valence-electron chi connectivity index (χ1n) is 13.9. The fraction of sp³-hybridized carbons (Fsp3) is 0. The second kappa shape index (κ2) is 7.94. The van der Waals surface area contributed by atoms with Crippen LogP contribution in [-0.4, -0.2) is 4.57 Å². The topological polar surface area (TPSA) is 4.93 Å². The maximum atomic E-state index is 2.43. The fourth-order valence-electron chi connectivity index (χ4n) is 7.08. The highest BCUT2D eigenvalue weighted by Gasteiger charge is 2.20. The Bertz CT molecular complexity index is 2650. The molecule has 3 aromatic heterocycles. The molecule has 190 valence electrons. The van der Waals surface area contributed by atoms with E-state index >= 15 is 0 Å². The molecule has 0 amide bonds. The molecule has 41 heavy (non-hydrogen) atoms. The van der Waals surface area contributed by atoms with Crippen LogP contribution < -0.4 is 0 Å². The largest absolute Gasteiger partial charge is 0.309 e. The first kappa shape index (κ1) is 22.0. The van der Waals surface area contributed by atoms with Gasteiger partial charge in [0.2, 0.25) is 0 Å². The Morgan fingerprint density at radius 1 is 0.366 bits per heavy atom. The lowest BCUT2D eigenvalue weighted by atomic mass is 9.93. The van der Waals surface area contributed by atoms with Crippen molar-refractivity contribution in [1.29, 1.82) is 0 Å². The molecular weight excluding hydrogens is 535 g/mol. The molecule has 0 saturated heterocycles. The monoisotopic (exact) mass is 555 g/mol. The Labute approximate surface area is 243 Å². The summed E-state index contributed by atoms with van der Waals surface area (Å²) >= 11 is 3.83. The van der Waals surface area contributed by atoms with Crippen molar-refractivity contribution in [3.05, 3.63) is 127 Å². The molecule has 0 spiro atoms. The summed E-state index contributed by atoms with van der Waals surface area (Å²) in [5, 5.41) is 13.4. The lowest BCUT2D eigenvalue weighted by Crippen LogP contribution is -1.94. The van der Waals surface area contributed by atoms with Crippen molar-refractivity contribution in [2.24, 2.45) is 0 Å². The van der Waals surface area contributed by atoms with E-state index in [2.05, 4.69) is 132 Å². The quantitative estimate of drug-likeness (QED) is 0.178. The maximum Gasteiger partial charge on any atom is 0.0541 e. The first-order valence-corrected chi connectivity index (χ1v) is 15.6. The summed E-state index contributed by atoms with van der Waals surface area (Å²) < 4.78 is 7.86. The van der Waals surface area contributed by atoms with E-state index in [1.165, 1.54) is 89.4 Å². The van der Waals surface area contributed by atoms with E-state index in [1.807, 2.05) is 22.7 Å². The molecule has 0 aliphatic rings. The molecule has 0 bridgehead atoms. The van der Waals surface area contributed by atoms with Crippen molar-refractivity contribution in [3.63, 3.8) is 0 Å².